The molecule has 1 heterocycles. The summed E-state index contributed by atoms with van der Waals surface area (Å²) in [5.74, 6) is 1.65. The molecule has 2 nitrogen and oxygen atoms in total. The topological polar surface area (TPSA) is 39.2 Å². The molecule has 1 unspecified atom stereocenters. The third-order valence-electron chi connectivity index (χ3n) is 5.07. The van der Waals surface area contributed by atoms with Crippen LogP contribution in [0.2, 0.25) is 0 Å². The summed E-state index contributed by atoms with van der Waals surface area (Å²) in [6, 6.07) is 8.52. The van der Waals surface area contributed by atoms with Gasteiger partial charge in [0.15, 0.2) is 0 Å². The summed E-state index contributed by atoms with van der Waals surface area (Å²) in [6.07, 6.45) is 6.29. The first-order chi connectivity index (χ1) is 10.00. The Morgan fingerprint density at radius 2 is 1.90 bits per heavy atom. The normalized spacial score (nSPS) is 19.5. The van der Waals surface area contributed by atoms with E-state index in [9.17, 15) is 0 Å². The zero-order valence-corrected chi connectivity index (χ0v) is 13.5. The first-order valence-electron chi connectivity index (χ1n) is 8.26. The van der Waals surface area contributed by atoms with Crippen LogP contribution in [0.1, 0.15) is 63.3 Å². The largest absolute Gasteiger partial charge is 0.459 e. The number of hydrogen-bond donors (Lipinski definition) is 1. The molecule has 2 heteroatoms. The number of hydrogen-bond acceptors (Lipinski definition) is 2. The number of aryl methyl sites for hydroxylation is 1. The van der Waals surface area contributed by atoms with Crippen molar-refractivity contribution in [1.82, 2.24) is 0 Å². The van der Waals surface area contributed by atoms with E-state index in [1.54, 1.807) is 0 Å². The number of rotatable bonds is 4. The average Bonchev–Trinajstić information content (AvgIpc) is 3.04. The van der Waals surface area contributed by atoms with Crippen LogP contribution in [0.3, 0.4) is 0 Å². The molecule has 2 aromatic rings. The maximum atomic E-state index is 6.69. The Hall–Kier alpha value is -1.28. The number of fused-ring (bicyclic) bond motifs is 1. The fourth-order valence-electron chi connectivity index (χ4n) is 4.17. The molecule has 1 aliphatic carbocycles. The zero-order valence-electron chi connectivity index (χ0n) is 13.5. The van der Waals surface area contributed by atoms with Gasteiger partial charge in [-0.25, -0.2) is 0 Å². The molecular weight excluding hydrogens is 258 g/mol. The quantitative estimate of drug-likeness (QED) is 0.822. The fourth-order valence-corrected chi connectivity index (χ4v) is 4.17. The van der Waals surface area contributed by atoms with Gasteiger partial charge in [-0.1, -0.05) is 38.3 Å². The molecule has 0 amide bonds. The molecule has 0 saturated heterocycles. The Bertz CT molecular complexity index is 620. The Kier molecular flexibility index (Phi) is 3.83. The highest BCUT2D eigenvalue weighted by molar-refractivity contribution is 5.78. The molecule has 1 saturated carbocycles. The third-order valence-corrected chi connectivity index (χ3v) is 5.07. The van der Waals surface area contributed by atoms with Gasteiger partial charge in [-0.15, -0.1) is 0 Å². The average molecular weight is 285 g/mol. The molecule has 0 radical (unpaired) electrons. The second kappa shape index (κ2) is 5.49. The summed E-state index contributed by atoms with van der Waals surface area (Å²) in [4.78, 5) is 0. The van der Waals surface area contributed by atoms with E-state index in [0.29, 0.717) is 5.92 Å². The predicted octanol–water partition coefficient (Wildman–Crippen LogP) is 5.35. The summed E-state index contributed by atoms with van der Waals surface area (Å²) >= 11 is 0. The van der Waals surface area contributed by atoms with E-state index in [4.69, 9.17) is 10.2 Å². The van der Waals surface area contributed by atoms with Crippen LogP contribution in [0.15, 0.2) is 28.7 Å². The van der Waals surface area contributed by atoms with Crippen LogP contribution in [-0.2, 0) is 0 Å². The van der Waals surface area contributed by atoms with Gasteiger partial charge in [-0.2, -0.15) is 0 Å². The van der Waals surface area contributed by atoms with Gasteiger partial charge in [0.2, 0.25) is 0 Å². The molecule has 1 atom stereocenters. The van der Waals surface area contributed by atoms with Gasteiger partial charge in [-0.05, 0) is 55.7 Å². The molecule has 2 N–H and O–H groups in total. The summed E-state index contributed by atoms with van der Waals surface area (Å²) in [5.41, 5.74) is 9.15. The minimum absolute atomic E-state index is 0.0232. The molecule has 1 aromatic carbocycles. The van der Waals surface area contributed by atoms with Gasteiger partial charge in [0, 0.05) is 5.39 Å². The molecule has 1 aromatic heterocycles. The van der Waals surface area contributed by atoms with Gasteiger partial charge in [-0.3, -0.25) is 0 Å². The minimum atomic E-state index is 0.0232. The molecule has 1 fully saturated rings. The van der Waals surface area contributed by atoms with E-state index in [1.165, 1.54) is 43.1 Å². The lowest BCUT2D eigenvalue weighted by atomic mass is 9.72. The van der Waals surface area contributed by atoms with Gasteiger partial charge >= 0.3 is 0 Å². The predicted molar refractivity (Wildman–Crippen MR) is 88.2 cm³/mol. The monoisotopic (exact) mass is 285 g/mol. The zero-order chi connectivity index (χ0) is 15.0. The van der Waals surface area contributed by atoms with Crippen LogP contribution in [0.5, 0.6) is 0 Å². The lowest BCUT2D eigenvalue weighted by molar-refractivity contribution is 0.168. The minimum Gasteiger partial charge on any atom is -0.459 e. The van der Waals surface area contributed by atoms with E-state index in [1.807, 2.05) is 0 Å². The number of benzene rings is 1. The summed E-state index contributed by atoms with van der Waals surface area (Å²) in [7, 11) is 0. The van der Waals surface area contributed by atoms with Gasteiger partial charge in [0.1, 0.15) is 11.3 Å². The summed E-state index contributed by atoms with van der Waals surface area (Å²) < 4.78 is 6.08. The van der Waals surface area contributed by atoms with Crippen LogP contribution < -0.4 is 5.73 Å². The molecule has 21 heavy (non-hydrogen) atoms. The second-order valence-corrected chi connectivity index (χ2v) is 7.34. The van der Waals surface area contributed by atoms with Crippen molar-refractivity contribution in [3.8, 4) is 0 Å². The second-order valence-electron chi connectivity index (χ2n) is 7.34. The maximum Gasteiger partial charge on any atom is 0.134 e. The lowest BCUT2D eigenvalue weighted by Crippen LogP contribution is -2.33. The standard InChI is InChI=1S/C19H27NO/c1-13(2)12-19(8-4-5-9-19)18(20)17-11-15-10-14(3)6-7-16(15)21-17/h6-7,10-11,13,18H,4-5,8-9,12,20H2,1-3H3. The van der Waals surface area contributed by atoms with Gasteiger partial charge < -0.3 is 10.2 Å². The van der Waals surface area contributed by atoms with Crippen LogP contribution >= 0.6 is 0 Å². The lowest BCUT2D eigenvalue weighted by Gasteiger charge is -2.35. The molecule has 0 aliphatic heterocycles. The Labute approximate surface area is 127 Å². The Morgan fingerprint density at radius 1 is 1.19 bits per heavy atom. The smallest absolute Gasteiger partial charge is 0.134 e. The molecule has 1 aliphatic rings. The van der Waals surface area contributed by atoms with Crippen molar-refractivity contribution in [1.29, 1.82) is 0 Å². The number of nitrogens with two attached hydrogens (primary N) is 1. The first-order valence-corrected chi connectivity index (χ1v) is 8.26. The van der Waals surface area contributed by atoms with Crippen molar-refractivity contribution in [2.24, 2.45) is 17.1 Å². The SMILES string of the molecule is Cc1ccc2oc(C(N)C3(CC(C)C)CCCC3)cc2c1. The van der Waals surface area contributed by atoms with Crippen LogP contribution in [0.25, 0.3) is 11.0 Å². The van der Waals surface area contributed by atoms with Crippen molar-refractivity contribution < 1.29 is 4.42 Å². The highest BCUT2D eigenvalue weighted by Crippen LogP contribution is 2.51. The first kappa shape index (κ1) is 14.6. The highest BCUT2D eigenvalue weighted by atomic mass is 16.3. The summed E-state index contributed by atoms with van der Waals surface area (Å²) in [6.45, 7) is 6.72. The van der Waals surface area contributed by atoms with E-state index in [-0.39, 0.29) is 11.5 Å². The summed E-state index contributed by atoms with van der Waals surface area (Å²) in [5, 5.41) is 1.18. The number of furan rings is 1. The van der Waals surface area contributed by atoms with Crippen molar-refractivity contribution in [2.75, 3.05) is 0 Å². The maximum absolute atomic E-state index is 6.69. The molecule has 0 spiro atoms. The van der Waals surface area contributed by atoms with E-state index in [2.05, 4.69) is 45.0 Å². The van der Waals surface area contributed by atoms with Gasteiger partial charge in [0.25, 0.3) is 0 Å². The van der Waals surface area contributed by atoms with Crippen LogP contribution in [0, 0.1) is 18.3 Å². The molecule has 3 rings (SSSR count). The van der Waals surface area contributed by atoms with E-state index >= 15 is 0 Å². The van der Waals surface area contributed by atoms with Crippen molar-refractivity contribution >= 4 is 11.0 Å². The van der Waals surface area contributed by atoms with E-state index in [0.717, 1.165) is 11.3 Å². The van der Waals surface area contributed by atoms with E-state index < -0.39 is 0 Å². The Balaban J connectivity index is 1.95. The van der Waals surface area contributed by atoms with Crippen molar-refractivity contribution in [2.45, 2.75) is 58.9 Å². The van der Waals surface area contributed by atoms with Crippen LogP contribution in [-0.4, -0.2) is 0 Å². The van der Waals surface area contributed by atoms with Crippen molar-refractivity contribution in [3.05, 3.63) is 35.6 Å². The third kappa shape index (κ3) is 2.74. The van der Waals surface area contributed by atoms with Crippen molar-refractivity contribution in [3.63, 3.8) is 0 Å². The fraction of sp³-hybridized carbons (Fsp3) is 0.579. The molecular formula is C19H27NO. The van der Waals surface area contributed by atoms with Crippen LogP contribution in [0.4, 0.5) is 0 Å². The Morgan fingerprint density at radius 3 is 2.57 bits per heavy atom. The highest BCUT2D eigenvalue weighted by Gasteiger charge is 2.41. The van der Waals surface area contributed by atoms with Gasteiger partial charge in [0.05, 0.1) is 6.04 Å². The molecule has 114 valence electrons. The molecule has 0 bridgehead atoms.